The van der Waals surface area contributed by atoms with Crippen molar-refractivity contribution in [3.63, 3.8) is 0 Å². The third kappa shape index (κ3) is 2.91. The SMILES string of the molecule is N#Cc1ccc(NC(=O)c2ccc(NN)cc2)c(F)c1. The summed E-state index contributed by atoms with van der Waals surface area (Å²) >= 11 is 0. The molecule has 0 spiro atoms. The van der Waals surface area contributed by atoms with E-state index < -0.39 is 11.7 Å². The number of nitrogens with zero attached hydrogens (tertiary/aromatic N) is 1. The number of carbonyl (C=O) groups excluding carboxylic acids is 1. The maximum absolute atomic E-state index is 13.6. The summed E-state index contributed by atoms with van der Waals surface area (Å²) in [4.78, 5) is 11.9. The van der Waals surface area contributed by atoms with Gasteiger partial charge < -0.3 is 10.7 Å². The molecule has 20 heavy (non-hydrogen) atoms. The zero-order valence-electron chi connectivity index (χ0n) is 10.4. The zero-order valence-corrected chi connectivity index (χ0v) is 10.4. The Hall–Kier alpha value is -2.91. The molecule has 4 N–H and O–H groups in total. The van der Waals surface area contributed by atoms with Crippen molar-refractivity contribution >= 4 is 17.3 Å². The van der Waals surface area contributed by atoms with Gasteiger partial charge in [-0.15, -0.1) is 0 Å². The highest BCUT2D eigenvalue weighted by atomic mass is 19.1. The zero-order chi connectivity index (χ0) is 14.5. The second-order valence-corrected chi connectivity index (χ2v) is 3.98. The first-order chi connectivity index (χ1) is 9.63. The number of nitriles is 1. The fourth-order valence-corrected chi connectivity index (χ4v) is 1.60. The Labute approximate surface area is 114 Å². The molecule has 2 aromatic rings. The van der Waals surface area contributed by atoms with Gasteiger partial charge in [0.2, 0.25) is 0 Å². The molecule has 0 aliphatic carbocycles. The first-order valence-electron chi connectivity index (χ1n) is 5.71. The van der Waals surface area contributed by atoms with Crippen LogP contribution in [0.2, 0.25) is 0 Å². The molecule has 0 unspecified atom stereocenters. The van der Waals surface area contributed by atoms with Crippen LogP contribution in [0.25, 0.3) is 0 Å². The normalized spacial score (nSPS) is 9.65. The van der Waals surface area contributed by atoms with E-state index in [9.17, 15) is 9.18 Å². The summed E-state index contributed by atoms with van der Waals surface area (Å²) in [6.45, 7) is 0. The Morgan fingerprint density at radius 3 is 2.45 bits per heavy atom. The summed E-state index contributed by atoms with van der Waals surface area (Å²) in [7, 11) is 0. The maximum Gasteiger partial charge on any atom is 0.255 e. The van der Waals surface area contributed by atoms with Crippen LogP contribution in [0.1, 0.15) is 15.9 Å². The van der Waals surface area contributed by atoms with E-state index in [1.54, 1.807) is 24.3 Å². The largest absolute Gasteiger partial charge is 0.324 e. The van der Waals surface area contributed by atoms with Gasteiger partial charge in [0.05, 0.1) is 17.3 Å². The number of benzene rings is 2. The minimum atomic E-state index is -0.655. The molecule has 0 aliphatic rings. The number of rotatable bonds is 3. The van der Waals surface area contributed by atoms with Gasteiger partial charge in [-0.3, -0.25) is 10.6 Å². The van der Waals surface area contributed by atoms with Gasteiger partial charge in [-0.1, -0.05) is 0 Å². The number of carbonyl (C=O) groups is 1. The second-order valence-electron chi connectivity index (χ2n) is 3.98. The Morgan fingerprint density at radius 2 is 1.90 bits per heavy atom. The first kappa shape index (κ1) is 13.5. The maximum atomic E-state index is 13.6. The summed E-state index contributed by atoms with van der Waals surface area (Å²) in [5, 5.41) is 11.1. The molecule has 0 radical (unpaired) electrons. The molecular formula is C14H11FN4O. The van der Waals surface area contributed by atoms with Crippen molar-refractivity contribution in [3.8, 4) is 6.07 Å². The highest BCUT2D eigenvalue weighted by molar-refractivity contribution is 6.04. The molecule has 1 amide bonds. The average Bonchev–Trinajstić information content (AvgIpc) is 2.49. The minimum Gasteiger partial charge on any atom is -0.324 e. The molecule has 0 aromatic heterocycles. The lowest BCUT2D eigenvalue weighted by Crippen LogP contribution is -2.13. The van der Waals surface area contributed by atoms with E-state index in [0.717, 1.165) is 6.07 Å². The summed E-state index contributed by atoms with van der Waals surface area (Å²) in [6, 6.07) is 12.0. The van der Waals surface area contributed by atoms with Gasteiger partial charge in [-0.05, 0) is 42.5 Å². The number of hydrogen-bond acceptors (Lipinski definition) is 4. The minimum absolute atomic E-state index is 0.0232. The number of hydrogen-bond donors (Lipinski definition) is 3. The van der Waals surface area contributed by atoms with Gasteiger partial charge in [0, 0.05) is 11.3 Å². The summed E-state index contributed by atoms with van der Waals surface area (Å²) in [6.07, 6.45) is 0. The smallest absolute Gasteiger partial charge is 0.255 e. The molecule has 0 fully saturated rings. The van der Waals surface area contributed by atoms with E-state index in [1.165, 1.54) is 12.1 Å². The van der Waals surface area contributed by atoms with Crippen LogP contribution >= 0.6 is 0 Å². The van der Waals surface area contributed by atoms with E-state index in [0.29, 0.717) is 11.3 Å². The lowest BCUT2D eigenvalue weighted by molar-refractivity contribution is 0.102. The number of nitrogen functional groups attached to an aromatic ring is 1. The fraction of sp³-hybridized carbons (Fsp3) is 0. The van der Waals surface area contributed by atoms with E-state index in [1.807, 2.05) is 6.07 Å². The number of nitrogens with one attached hydrogen (secondary N) is 2. The van der Waals surface area contributed by atoms with Crippen LogP contribution in [0.4, 0.5) is 15.8 Å². The Morgan fingerprint density at radius 1 is 1.20 bits per heavy atom. The van der Waals surface area contributed by atoms with Crippen molar-refractivity contribution in [2.24, 2.45) is 5.84 Å². The van der Waals surface area contributed by atoms with E-state index in [-0.39, 0.29) is 11.3 Å². The van der Waals surface area contributed by atoms with Crippen molar-refractivity contribution in [1.29, 1.82) is 5.26 Å². The van der Waals surface area contributed by atoms with Gasteiger partial charge in [-0.2, -0.15) is 5.26 Å². The van der Waals surface area contributed by atoms with Crippen LogP contribution in [0.5, 0.6) is 0 Å². The molecule has 6 heteroatoms. The number of halogens is 1. The van der Waals surface area contributed by atoms with Crippen LogP contribution in [-0.2, 0) is 0 Å². The molecule has 2 aromatic carbocycles. The van der Waals surface area contributed by atoms with E-state index >= 15 is 0 Å². The molecule has 0 atom stereocenters. The third-order valence-electron chi connectivity index (χ3n) is 2.66. The van der Waals surface area contributed by atoms with Crippen molar-refractivity contribution in [2.45, 2.75) is 0 Å². The summed E-state index contributed by atoms with van der Waals surface area (Å²) in [5.74, 6) is 4.12. The molecule has 0 saturated heterocycles. The van der Waals surface area contributed by atoms with Crippen LogP contribution < -0.4 is 16.6 Å². The van der Waals surface area contributed by atoms with Crippen molar-refractivity contribution < 1.29 is 9.18 Å². The predicted octanol–water partition coefficient (Wildman–Crippen LogP) is 2.24. The molecule has 0 bridgehead atoms. The third-order valence-corrected chi connectivity index (χ3v) is 2.66. The monoisotopic (exact) mass is 270 g/mol. The highest BCUT2D eigenvalue weighted by Crippen LogP contribution is 2.17. The van der Waals surface area contributed by atoms with Crippen molar-refractivity contribution in [3.05, 3.63) is 59.4 Å². The van der Waals surface area contributed by atoms with Crippen LogP contribution in [0.15, 0.2) is 42.5 Å². The highest BCUT2D eigenvalue weighted by Gasteiger charge is 2.09. The molecule has 0 heterocycles. The molecule has 0 saturated carbocycles. The first-order valence-corrected chi connectivity index (χ1v) is 5.71. The van der Waals surface area contributed by atoms with Crippen LogP contribution in [0, 0.1) is 17.1 Å². The van der Waals surface area contributed by atoms with E-state index in [4.69, 9.17) is 11.1 Å². The predicted molar refractivity (Wildman–Crippen MR) is 73.3 cm³/mol. The van der Waals surface area contributed by atoms with Gasteiger partial charge in [0.15, 0.2) is 0 Å². The summed E-state index contributed by atoms with van der Waals surface area (Å²) in [5.41, 5.74) is 3.69. The van der Waals surface area contributed by atoms with Crippen LogP contribution in [-0.4, -0.2) is 5.91 Å². The van der Waals surface area contributed by atoms with Crippen molar-refractivity contribution in [2.75, 3.05) is 10.7 Å². The topological polar surface area (TPSA) is 90.9 Å². The lowest BCUT2D eigenvalue weighted by Gasteiger charge is -2.07. The molecule has 2 rings (SSSR count). The molecular weight excluding hydrogens is 259 g/mol. The van der Waals surface area contributed by atoms with Gasteiger partial charge >= 0.3 is 0 Å². The van der Waals surface area contributed by atoms with Crippen LogP contribution in [0.3, 0.4) is 0 Å². The fourth-order valence-electron chi connectivity index (χ4n) is 1.60. The number of anilines is 2. The molecule has 100 valence electrons. The second kappa shape index (κ2) is 5.82. The molecule has 0 aliphatic heterocycles. The van der Waals surface area contributed by atoms with Gasteiger partial charge in [0.1, 0.15) is 5.82 Å². The standard InChI is InChI=1S/C14H11FN4O/c15-12-7-9(8-16)1-6-13(12)18-14(20)10-2-4-11(19-17)5-3-10/h1-7,19H,17H2,(H,18,20). The number of nitrogens with two attached hydrogens (primary N) is 1. The average molecular weight is 270 g/mol. The molecule has 5 nitrogen and oxygen atoms in total. The Bertz CT molecular complexity index is 677. The Balaban J connectivity index is 2.17. The lowest BCUT2D eigenvalue weighted by atomic mass is 10.1. The summed E-state index contributed by atoms with van der Waals surface area (Å²) < 4.78 is 13.6. The van der Waals surface area contributed by atoms with Gasteiger partial charge in [0.25, 0.3) is 5.91 Å². The Kier molecular flexibility index (Phi) is 3.93. The quantitative estimate of drug-likeness (QED) is 0.589. The number of hydrazine groups is 1. The van der Waals surface area contributed by atoms with Gasteiger partial charge in [-0.25, -0.2) is 4.39 Å². The van der Waals surface area contributed by atoms with Crippen molar-refractivity contribution in [1.82, 2.24) is 0 Å². The number of amides is 1. The van der Waals surface area contributed by atoms with E-state index in [2.05, 4.69) is 10.7 Å².